The summed E-state index contributed by atoms with van der Waals surface area (Å²) in [6, 6.07) is 6.50. The highest BCUT2D eigenvalue weighted by Gasteiger charge is 2.32. The minimum Gasteiger partial charge on any atom is -0.354 e. The molecule has 0 radical (unpaired) electrons. The third-order valence-electron chi connectivity index (χ3n) is 4.92. The van der Waals surface area contributed by atoms with Crippen LogP contribution in [0.1, 0.15) is 35.7 Å². The number of aryl methyl sites for hydroxylation is 1. The van der Waals surface area contributed by atoms with Gasteiger partial charge in [-0.2, -0.15) is 13.2 Å². The predicted molar refractivity (Wildman–Crippen MR) is 116 cm³/mol. The highest BCUT2D eigenvalue weighted by atomic mass is 32.1. The van der Waals surface area contributed by atoms with E-state index in [0.29, 0.717) is 18.7 Å². The second-order valence-electron chi connectivity index (χ2n) is 7.63. The molecule has 11 heteroatoms. The minimum atomic E-state index is -4.54. The summed E-state index contributed by atoms with van der Waals surface area (Å²) in [7, 11) is 0. The molecule has 1 aromatic carbocycles. The number of hydrogen-bond acceptors (Lipinski definition) is 7. The van der Waals surface area contributed by atoms with E-state index in [9.17, 15) is 18.0 Å². The van der Waals surface area contributed by atoms with E-state index in [0.717, 1.165) is 33.3 Å². The van der Waals surface area contributed by atoms with Gasteiger partial charge in [-0.05, 0) is 43.2 Å². The van der Waals surface area contributed by atoms with E-state index in [1.165, 1.54) is 11.3 Å². The molecule has 2 atom stereocenters. The first kappa shape index (κ1) is 22.2. The molecular formula is C21H21F3N6OS. The van der Waals surface area contributed by atoms with Crippen molar-refractivity contribution >= 4 is 28.9 Å². The molecule has 3 heterocycles. The summed E-state index contributed by atoms with van der Waals surface area (Å²) in [5.74, 6) is -0.0852. The largest absolute Gasteiger partial charge is 0.433 e. The molecule has 4 rings (SSSR count). The van der Waals surface area contributed by atoms with E-state index in [2.05, 4.69) is 30.9 Å². The molecule has 0 saturated carbocycles. The number of rotatable bonds is 6. The van der Waals surface area contributed by atoms with Crippen LogP contribution < -0.4 is 16.0 Å². The summed E-state index contributed by atoms with van der Waals surface area (Å²) in [6.45, 7) is 4.50. The minimum absolute atomic E-state index is 0.0210. The van der Waals surface area contributed by atoms with Crippen molar-refractivity contribution in [2.75, 3.05) is 11.9 Å². The second kappa shape index (κ2) is 8.83. The zero-order valence-electron chi connectivity index (χ0n) is 17.3. The molecular weight excluding hydrogens is 441 g/mol. The second-order valence-corrected chi connectivity index (χ2v) is 8.69. The Kier molecular flexibility index (Phi) is 6.11. The Hall–Kier alpha value is -3.05. The molecule has 3 aromatic rings. The van der Waals surface area contributed by atoms with Crippen LogP contribution >= 0.6 is 11.3 Å². The van der Waals surface area contributed by atoms with Gasteiger partial charge in [-0.1, -0.05) is 6.07 Å². The van der Waals surface area contributed by atoms with Crippen molar-refractivity contribution in [2.45, 2.75) is 38.5 Å². The molecule has 168 valence electrons. The van der Waals surface area contributed by atoms with Gasteiger partial charge in [0, 0.05) is 37.1 Å². The molecule has 7 nitrogen and oxygen atoms in total. The molecule has 1 fully saturated rings. The summed E-state index contributed by atoms with van der Waals surface area (Å²) in [5.41, 5.74) is 1.38. The third-order valence-corrected chi connectivity index (χ3v) is 6.15. The molecule has 1 saturated heterocycles. The predicted octanol–water partition coefficient (Wildman–Crippen LogP) is 4.21. The van der Waals surface area contributed by atoms with Crippen LogP contribution in [0, 0.1) is 6.92 Å². The number of alkyl halides is 3. The maximum atomic E-state index is 12.9. The molecule has 2 aromatic heterocycles. The monoisotopic (exact) mass is 462 g/mol. The van der Waals surface area contributed by atoms with Gasteiger partial charge in [-0.3, -0.25) is 4.79 Å². The fraction of sp³-hybridized carbons (Fsp3) is 0.333. The van der Waals surface area contributed by atoms with Gasteiger partial charge in [0.05, 0.1) is 10.9 Å². The van der Waals surface area contributed by atoms with Crippen LogP contribution in [0.5, 0.6) is 0 Å². The molecule has 0 spiro atoms. The number of benzene rings is 1. The Morgan fingerprint density at radius 3 is 2.78 bits per heavy atom. The molecule has 1 aliphatic rings. The number of hydrogen-bond donors (Lipinski definition) is 3. The van der Waals surface area contributed by atoms with Crippen LogP contribution in [0.15, 0.2) is 36.7 Å². The van der Waals surface area contributed by atoms with Crippen LogP contribution in [-0.2, 0) is 11.0 Å². The molecule has 0 aliphatic carbocycles. The average Bonchev–Trinajstić information content (AvgIpc) is 3.36. The molecule has 3 N–H and O–H groups in total. The Labute approximate surface area is 186 Å². The number of nitrogens with zero attached hydrogens (tertiary/aromatic N) is 3. The number of halogens is 3. The van der Waals surface area contributed by atoms with E-state index in [1.807, 2.05) is 32.0 Å². The smallest absolute Gasteiger partial charge is 0.354 e. The van der Waals surface area contributed by atoms with Crippen molar-refractivity contribution in [1.82, 2.24) is 25.6 Å². The first-order chi connectivity index (χ1) is 15.2. The average molecular weight is 463 g/mol. The van der Waals surface area contributed by atoms with Crippen LogP contribution in [0.4, 0.5) is 24.8 Å². The zero-order chi connectivity index (χ0) is 22.9. The van der Waals surface area contributed by atoms with Gasteiger partial charge < -0.3 is 16.0 Å². The number of carbonyl (C=O) groups excluding carboxylic acids is 1. The van der Waals surface area contributed by atoms with Crippen molar-refractivity contribution in [3.05, 3.63) is 52.9 Å². The quantitative estimate of drug-likeness (QED) is 0.508. The Morgan fingerprint density at radius 2 is 2.06 bits per heavy atom. The number of amides is 1. The first-order valence-corrected chi connectivity index (χ1v) is 10.8. The number of aromatic nitrogens is 3. The van der Waals surface area contributed by atoms with Crippen molar-refractivity contribution in [3.63, 3.8) is 0 Å². The summed E-state index contributed by atoms with van der Waals surface area (Å²) in [4.78, 5) is 24.3. The summed E-state index contributed by atoms with van der Waals surface area (Å²) in [6.07, 6.45) is -1.24. The van der Waals surface area contributed by atoms with E-state index in [4.69, 9.17) is 0 Å². The Balaban J connectivity index is 1.51. The van der Waals surface area contributed by atoms with Gasteiger partial charge in [0.15, 0.2) is 0 Å². The highest BCUT2D eigenvalue weighted by Crippen LogP contribution is 2.33. The lowest BCUT2D eigenvalue weighted by molar-refractivity contribution is -0.141. The van der Waals surface area contributed by atoms with Gasteiger partial charge in [0.1, 0.15) is 10.7 Å². The SMILES string of the molecule is Cc1cc(Nc2nccc(C(F)(F)F)n2)cc(-c2cnc(C(C)NC3CNC(=O)C3)s2)c1. The van der Waals surface area contributed by atoms with E-state index in [-0.39, 0.29) is 23.9 Å². The molecule has 32 heavy (non-hydrogen) atoms. The first-order valence-electron chi connectivity index (χ1n) is 9.95. The number of nitrogens with one attached hydrogen (secondary N) is 3. The fourth-order valence-corrected chi connectivity index (χ4v) is 4.39. The lowest BCUT2D eigenvalue weighted by atomic mass is 10.1. The van der Waals surface area contributed by atoms with Crippen molar-refractivity contribution in [1.29, 1.82) is 0 Å². The topological polar surface area (TPSA) is 91.8 Å². The van der Waals surface area contributed by atoms with E-state index < -0.39 is 11.9 Å². The van der Waals surface area contributed by atoms with Crippen LogP contribution in [-0.4, -0.2) is 33.4 Å². The summed E-state index contributed by atoms with van der Waals surface area (Å²) < 4.78 is 38.8. The van der Waals surface area contributed by atoms with Crippen molar-refractivity contribution in [2.24, 2.45) is 0 Å². The van der Waals surface area contributed by atoms with Crippen molar-refractivity contribution in [3.8, 4) is 10.4 Å². The summed E-state index contributed by atoms with van der Waals surface area (Å²) >= 11 is 1.52. The van der Waals surface area contributed by atoms with Crippen LogP contribution in [0.2, 0.25) is 0 Å². The maximum absolute atomic E-state index is 12.9. The highest BCUT2D eigenvalue weighted by molar-refractivity contribution is 7.15. The van der Waals surface area contributed by atoms with Gasteiger partial charge in [0.25, 0.3) is 0 Å². The van der Waals surface area contributed by atoms with Crippen LogP contribution in [0.3, 0.4) is 0 Å². The standard InChI is InChI=1S/C21H21F3N6OS/c1-11-5-13(7-14(6-11)29-20-25-4-3-17(30-20)21(22,23)24)16-10-27-19(32-16)12(2)28-15-8-18(31)26-9-15/h3-7,10,12,15,28H,8-9H2,1-2H3,(H,26,31)(H,25,29,30). The van der Waals surface area contributed by atoms with Crippen molar-refractivity contribution < 1.29 is 18.0 Å². The molecule has 1 amide bonds. The lowest BCUT2D eigenvalue weighted by Crippen LogP contribution is -2.33. The fourth-order valence-electron chi connectivity index (χ4n) is 3.47. The van der Waals surface area contributed by atoms with E-state index in [1.54, 1.807) is 6.20 Å². The normalized spacial score (nSPS) is 17.3. The zero-order valence-corrected chi connectivity index (χ0v) is 18.1. The molecule has 0 bridgehead atoms. The van der Waals surface area contributed by atoms with Gasteiger partial charge in [-0.15, -0.1) is 11.3 Å². The van der Waals surface area contributed by atoms with E-state index >= 15 is 0 Å². The van der Waals surface area contributed by atoms with Gasteiger partial charge >= 0.3 is 6.18 Å². The maximum Gasteiger partial charge on any atom is 0.433 e. The number of thiazole rings is 1. The number of carbonyl (C=O) groups is 1. The lowest BCUT2D eigenvalue weighted by Gasteiger charge is -2.15. The van der Waals surface area contributed by atoms with Gasteiger partial charge in [-0.25, -0.2) is 15.0 Å². The third kappa shape index (κ3) is 5.22. The molecule has 1 aliphatic heterocycles. The summed E-state index contributed by atoms with van der Waals surface area (Å²) in [5, 5.41) is 9.96. The Bertz CT molecular complexity index is 1130. The van der Waals surface area contributed by atoms with Gasteiger partial charge in [0.2, 0.25) is 11.9 Å². The van der Waals surface area contributed by atoms with Crippen LogP contribution in [0.25, 0.3) is 10.4 Å². The number of anilines is 2. The molecule has 2 unspecified atom stereocenters. The Morgan fingerprint density at radius 1 is 1.25 bits per heavy atom.